The van der Waals surface area contributed by atoms with Crippen LogP contribution in [0.25, 0.3) is 0 Å². The minimum atomic E-state index is 0.391. The van der Waals surface area contributed by atoms with Crippen LogP contribution in [-0.2, 0) is 13.0 Å². The summed E-state index contributed by atoms with van der Waals surface area (Å²) in [6, 6.07) is 8.50. The third kappa shape index (κ3) is 2.28. The Balaban J connectivity index is 1.69. The Bertz CT molecular complexity index is 565. The van der Waals surface area contributed by atoms with E-state index in [9.17, 15) is 0 Å². The third-order valence-corrected chi connectivity index (χ3v) is 3.62. The minimum absolute atomic E-state index is 0.391. The summed E-state index contributed by atoms with van der Waals surface area (Å²) in [6.45, 7) is 2.65. The van der Waals surface area contributed by atoms with E-state index >= 15 is 0 Å². The average molecular weight is 263 g/mol. The molecule has 0 aliphatic heterocycles. The number of nitrogens with one attached hydrogen (secondary N) is 1. The van der Waals surface area contributed by atoms with Crippen molar-refractivity contribution in [2.24, 2.45) is 0 Å². The van der Waals surface area contributed by atoms with Crippen LogP contribution in [0.4, 0.5) is 0 Å². The smallest absolute Gasteiger partial charge is 0.150 e. The lowest BCUT2D eigenvalue weighted by molar-refractivity contribution is 0.360. The van der Waals surface area contributed by atoms with Gasteiger partial charge in [0.1, 0.15) is 0 Å². The lowest BCUT2D eigenvalue weighted by atomic mass is 10.1. The predicted molar refractivity (Wildman–Crippen MR) is 70.6 cm³/mol. The Morgan fingerprint density at radius 2 is 2.33 bits per heavy atom. The van der Waals surface area contributed by atoms with Crippen LogP contribution in [-0.4, -0.2) is 5.16 Å². The maximum Gasteiger partial charge on any atom is 0.150 e. The van der Waals surface area contributed by atoms with E-state index in [0.29, 0.717) is 12.6 Å². The molecule has 1 heterocycles. The summed E-state index contributed by atoms with van der Waals surface area (Å²) < 4.78 is 5.20. The van der Waals surface area contributed by atoms with Crippen LogP contribution in [0.15, 0.2) is 28.8 Å². The highest BCUT2D eigenvalue weighted by molar-refractivity contribution is 6.30. The molecule has 3 nitrogen and oxygen atoms in total. The molecule has 4 heteroatoms. The molecule has 18 heavy (non-hydrogen) atoms. The monoisotopic (exact) mass is 262 g/mol. The molecular formula is C14H15ClN2O. The number of fused-ring (bicyclic) bond motifs is 1. The Kier molecular flexibility index (Phi) is 3.10. The summed E-state index contributed by atoms with van der Waals surface area (Å²) in [5.41, 5.74) is 3.63. The van der Waals surface area contributed by atoms with Gasteiger partial charge >= 0.3 is 0 Å². The fraction of sp³-hybridized carbons (Fsp3) is 0.357. The van der Waals surface area contributed by atoms with Gasteiger partial charge in [0.15, 0.2) is 5.76 Å². The van der Waals surface area contributed by atoms with Crippen molar-refractivity contribution in [1.29, 1.82) is 0 Å². The highest BCUT2D eigenvalue weighted by Gasteiger charge is 2.22. The normalized spacial score (nSPS) is 18.0. The van der Waals surface area contributed by atoms with Crippen LogP contribution in [0.1, 0.15) is 35.0 Å². The van der Waals surface area contributed by atoms with Crippen molar-refractivity contribution < 1.29 is 4.52 Å². The van der Waals surface area contributed by atoms with E-state index in [0.717, 1.165) is 29.3 Å². The van der Waals surface area contributed by atoms with Crippen molar-refractivity contribution >= 4 is 11.6 Å². The molecule has 0 radical (unpaired) electrons. The summed E-state index contributed by atoms with van der Waals surface area (Å²) in [5.74, 6) is 0.884. The lowest BCUT2D eigenvalue weighted by Gasteiger charge is -2.12. The van der Waals surface area contributed by atoms with Gasteiger partial charge in [0, 0.05) is 17.1 Å². The second-order valence-electron chi connectivity index (χ2n) is 4.75. The number of halogens is 1. The van der Waals surface area contributed by atoms with Crippen LogP contribution < -0.4 is 5.32 Å². The number of hydrogen-bond acceptors (Lipinski definition) is 3. The quantitative estimate of drug-likeness (QED) is 0.921. The van der Waals surface area contributed by atoms with Gasteiger partial charge in [-0.2, -0.15) is 0 Å². The predicted octanol–water partition coefficient (Wildman–Crippen LogP) is 3.41. The molecular weight excluding hydrogens is 248 g/mol. The van der Waals surface area contributed by atoms with Crippen molar-refractivity contribution in [2.45, 2.75) is 32.4 Å². The van der Waals surface area contributed by atoms with E-state index in [-0.39, 0.29) is 0 Å². The molecule has 1 N–H and O–H groups in total. The molecule has 1 aliphatic carbocycles. The SMILES string of the molecule is Cc1cc(CNC2CCc3cc(Cl)ccc32)on1. The van der Waals surface area contributed by atoms with E-state index in [4.69, 9.17) is 16.1 Å². The van der Waals surface area contributed by atoms with E-state index < -0.39 is 0 Å². The molecule has 1 unspecified atom stereocenters. The van der Waals surface area contributed by atoms with Gasteiger partial charge in [0.2, 0.25) is 0 Å². The molecule has 0 spiro atoms. The van der Waals surface area contributed by atoms with Gasteiger partial charge in [0.25, 0.3) is 0 Å². The fourth-order valence-electron chi connectivity index (χ4n) is 2.52. The Morgan fingerprint density at radius 3 is 3.11 bits per heavy atom. The Labute approximate surface area is 111 Å². The van der Waals surface area contributed by atoms with Crippen molar-refractivity contribution in [1.82, 2.24) is 10.5 Å². The molecule has 1 aromatic carbocycles. The second kappa shape index (κ2) is 4.75. The summed E-state index contributed by atoms with van der Waals surface area (Å²) in [5, 5.41) is 8.22. The Hall–Kier alpha value is -1.32. The summed E-state index contributed by atoms with van der Waals surface area (Å²) >= 11 is 6.00. The molecule has 1 aromatic heterocycles. The fourth-order valence-corrected chi connectivity index (χ4v) is 2.72. The zero-order chi connectivity index (χ0) is 12.5. The molecule has 1 aliphatic rings. The molecule has 3 rings (SSSR count). The molecule has 0 bridgehead atoms. The molecule has 0 saturated carbocycles. The number of aryl methyl sites for hydroxylation is 2. The first-order valence-electron chi connectivity index (χ1n) is 6.16. The number of hydrogen-bond donors (Lipinski definition) is 1. The number of benzene rings is 1. The Morgan fingerprint density at radius 1 is 1.44 bits per heavy atom. The van der Waals surface area contributed by atoms with Crippen LogP contribution >= 0.6 is 11.6 Å². The molecule has 1 atom stereocenters. The summed E-state index contributed by atoms with van der Waals surface area (Å²) in [7, 11) is 0. The highest BCUT2D eigenvalue weighted by Crippen LogP contribution is 2.32. The third-order valence-electron chi connectivity index (χ3n) is 3.38. The average Bonchev–Trinajstić information content (AvgIpc) is 2.92. The molecule has 2 aromatic rings. The first kappa shape index (κ1) is 11.8. The summed E-state index contributed by atoms with van der Waals surface area (Å²) in [4.78, 5) is 0. The van der Waals surface area contributed by atoms with E-state index in [1.165, 1.54) is 11.1 Å². The second-order valence-corrected chi connectivity index (χ2v) is 5.19. The minimum Gasteiger partial charge on any atom is -0.360 e. The zero-order valence-electron chi connectivity index (χ0n) is 10.2. The zero-order valence-corrected chi connectivity index (χ0v) is 11.0. The number of rotatable bonds is 3. The largest absolute Gasteiger partial charge is 0.360 e. The van der Waals surface area contributed by atoms with Crippen molar-refractivity contribution in [3.63, 3.8) is 0 Å². The van der Waals surface area contributed by atoms with Crippen LogP contribution in [0, 0.1) is 6.92 Å². The highest BCUT2D eigenvalue weighted by atomic mass is 35.5. The van der Waals surface area contributed by atoms with Gasteiger partial charge in [-0.1, -0.05) is 22.8 Å². The van der Waals surface area contributed by atoms with Gasteiger partial charge in [-0.15, -0.1) is 0 Å². The molecule has 0 amide bonds. The van der Waals surface area contributed by atoms with Gasteiger partial charge in [0.05, 0.1) is 12.2 Å². The number of aromatic nitrogens is 1. The maximum absolute atomic E-state index is 6.00. The molecule has 94 valence electrons. The molecule has 0 fully saturated rings. The first-order valence-corrected chi connectivity index (χ1v) is 6.54. The van der Waals surface area contributed by atoms with Crippen molar-refractivity contribution in [3.05, 3.63) is 51.9 Å². The number of nitrogens with zero attached hydrogens (tertiary/aromatic N) is 1. The van der Waals surface area contributed by atoms with Crippen molar-refractivity contribution in [3.8, 4) is 0 Å². The van der Waals surface area contributed by atoms with Crippen LogP contribution in [0.3, 0.4) is 0 Å². The summed E-state index contributed by atoms with van der Waals surface area (Å²) in [6.07, 6.45) is 2.20. The van der Waals surface area contributed by atoms with Crippen molar-refractivity contribution in [2.75, 3.05) is 0 Å². The topological polar surface area (TPSA) is 38.1 Å². The van der Waals surface area contributed by atoms with Gasteiger partial charge in [-0.25, -0.2) is 0 Å². The van der Waals surface area contributed by atoms with E-state index in [1.807, 2.05) is 19.1 Å². The van der Waals surface area contributed by atoms with E-state index in [1.54, 1.807) is 0 Å². The first-order chi connectivity index (χ1) is 8.72. The maximum atomic E-state index is 6.00. The molecule has 0 saturated heterocycles. The van der Waals surface area contributed by atoms with Gasteiger partial charge < -0.3 is 9.84 Å². The van der Waals surface area contributed by atoms with Gasteiger partial charge in [-0.3, -0.25) is 0 Å². The van der Waals surface area contributed by atoms with Crippen LogP contribution in [0.5, 0.6) is 0 Å². The van der Waals surface area contributed by atoms with Gasteiger partial charge in [-0.05, 0) is 43.0 Å². The van der Waals surface area contributed by atoms with Crippen LogP contribution in [0.2, 0.25) is 5.02 Å². The van der Waals surface area contributed by atoms with E-state index in [2.05, 4.69) is 22.6 Å². The standard InChI is InChI=1S/C14H15ClN2O/c1-9-6-12(18-17-9)8-16-14-5-2-10-7-11(15)3-4-13(10)14/h3-4,6-7,14,16H,2,5,8H2,1H3. The lowest BCUT2D eigenvalue weighted by Crippen LogP contribution is -2.18.